The first-order chi connectivity index (χ1) is 9.49. The van der Waals surface area contributed by atoms with E-state index >= 15 is 0 Å². The van der Waals surface area contributed by atoms with E-state index in [-0.39, 0.29) is 5.38 Å². The summed E-state index contributed by atoms with van der Waals surface area (Å²) in [5, 5.41) is 0.0325. The van der Waals surface area contributed by atoms with Gasteiger partial charge in [0.05, 0.1) is 19.6 Å². The summed E-state index contributed by atoms with van der Waals surface area (Å²) < 4.78 is 10.7. The van der Waals surface area contributed by atoms with Gasteiger partial charge in [-0.3, -0.25) is 0 Å². The zero-order valence-electron chi connectivity index (χ0n) is 12.9. The van der Waals surface area contributed by atoms with Crippen molar-refractivity contribution in [3.8, 4) is 11.5 Å². The summed E-state index contributed by atoms with van der Waals surface area (Å²) in [7, 11) is 3.31. The van der Waals surface area contributed by atoms with E-state index in [1.54, 1.807) is 14.2 Å². The molecule has 0 heterocycles. The Hall–Kier alpha value is -0.890. The molecule has 0 aliphatic heterocycles. The van der Waals surface area contributed by atoms with Crippen LogP contribution in [-0.2, 0) is 0 Å². The third-order valence-corrected chi connectivity index (χ3v) is 5.23. The van der Waals surface area contributed by atoms with Crippen molar-refractivity contribution in [1.82, 2.24) is 0 Å². The van der Waals surface area contributed by atoms with E-state index in [4.69, 9.17) is 21.1 Å². The van der Waals surface area contributed by atoms with E-state index in [0.29, 0.717) is 11.3 Å². The molecule has 1 saturated carbocycles. The van der Waals surface area contributed by atoms with Crippen LogP contribution in [0.2, 0.25) is 0 Å². The number of halogens is 1. The lowest BCUT2D eigenvalue weighted by Crippen LogP contribution is -2.30. The van der Waals surface area contributed by atoms with Gasteiger partial charge in [-0.05, 0) is 41.9 Å². The Labute approximate surface area is 127 Å². The van der Waals surface area contributed by atoms with Crippen molar-refractivity contribution in [2.24, 2.45) is 11.3 Å². The van der Waals surface area contributed by atoms with Crippen LogP contribution in [0.1, 0.15) is 50.5 Å². The largest absolute Gasteiger partial charge is 0.493 e. The Balaban J connectivity index is 2.26. The molecule has 0 saturated heterocycles. The molecule has 1 aliphatic carbocycles. The minimum atomic E-state index is 0.0325. The topological polar surface area (TPSA) is 18.5 Å². The third kappa shape index (κ3) is 3.06. The van der Waals surface area contributed by atoms with Crippen LogP contribution in [0.5, 0.6) is 11.5 Å². The Morgan fingerprint density at radius 2 is 1.85 bits per heavy atom. The van der Waals surface area contributed by atoms with Gasteiger partial charge in [-0.25, -0.2) is 0 Å². The molecule has 1 fully saturated rings. The standard InChI is InChI=1S/C17H25ClO2/c1-17(2)10-6-5-7-13(17)16(18)12-8-9-14(19-3)15(11-12)20-4/h8-9,11,13,16H,5-7,10H2,1-4H3. The van der Waals surface area contributed by atoms with Crippen LogP contribution in [0.15, 0.2) is 18.2 Å². The molecule has 2 unspecified atom stereocenters. The number of benzene rings is 1. The summed E-state index contributed by atoms with van der Waals surface area (Å²) in [5.74, 6) is 2.02. The number of hydrogen-bond acceptors (Lipinski definition) is 2. The molecule has 112 valence electrons. The van der Waals surface area contributed by atoms with E-state index in [9.17, 15) is 0 Å². The first-order valence-corrected chi connectivity index (χ1v) is 7.79. The number of ether oxygens (including phenoxy) is 2. The molecule has 0 bridgehead atoms. The monoisotopic (exact) mass is 296 g/mol. The summed E-state index contributed by atoms with van der Waals surface area (Å²) in [6.07, 6.45) is 5.06. The Morgan fingerprint density at radius 3 is 2.45 bits per heavy atom. The van der Waals surface area contributed by atoms with Crippen molar-refractivity contribution < 1.29 is 9.47 Å². The maximum atomic E-state index is 6.80. The second kappa shape index (κ2) is 6.26. The SMILES string of the molecule is COc1ccc(C(Cl)C2CCCCC2(C)C)cc1OC. The fraction of sp³-hybridized carbons (Fsp3) is 0.647. The van der Waals surface area contributed by atoms with Gasteiger partial charge in [0.25, 0.3) is 0 Å². The first-order valence-electron chi connectivity index (χ1n) is 7.35. The van der Waals surface area contributed by atoms with Gasteiger partial charge in [-0.2, -0.15) is 0 Å². The van der Waals surface area contributed by atoms with E-state index < -0.39 is 0 Å². The molecule has 2 atom stereocenters. The zero-order chi connectivity index (χ0) is 14.8. The summed E-state index contributed by atoms with van der Waals surface area (Å²) in [5.41, 5.74) is 1.43. The lowest BCUT2D eigenvalue weighted by atomic mass is 9.66. The third-order valence-electron chi connectivity index (χ3n) is 4.67. The summed E-state index contributed by atoms with van der Waals surface area (Å²) in [6, 6.07) is 6.02. The fourth-order valence-electron chi connectivity index (χ4n) is 3.32. The summed E-state index contributed by atoms with van der Waals surface area (Å²) in [4.78, 5) is 0. The average molecular weight is 297 g/mol. The Morgan fingerprint density at radius 1 is 1.15 bits per heavy atom. The Bertz CT molecular complexity index is 456. The second-order valence-corrected chi connectivity index (χ2v) is 6.83. The predicted molar refractivity (Wildman–Crippen MR) is 83.9 cm³/mol. The minimum absolute atomic E-state index is 0.0325. The smallest absolute Gasteiger partial charge is 0.161 e. The molecule has 1 aromatic rings. The average Bonchev–Trinajstić information content (AvgIpc) is 2.45. The Kier molecular flexibility index (Phi) is 4.85. The molecule has 0 aromatic heterocycles. The molecule has 2 rings (SSSR count). The number of rotatable bonds is 4. The van der Waals surface area contributed by atoms with Gasteiger partial charge < -0.3 is 9.47 Å². The quantitative estimate of drug-likeness (QED) is 0.711. The molecular weight excluding hydrogens is 272 g/mol. The van der Waals surface area contributed by atoms with Crippen LogP contribution in [0.25, 0.3) is 0 Å². The first kappa shape index (κ1) is 15.5. The highest BCUT2D eigenvalue weighted by Crippen LogP contribution is 2.50. The molecule has 3 heteroatoms. The van der Waals surface area contributed by atoms with Crippen molar-refractivity contribution in [3.63, 3.8) is 0 Å². The molecule has 0 N–H and O–H groups in total. The van der Waals surface area contributed by atoms with E-state index in [1.807, 2.05) is 12.1 Å². The van der Waals surface area contributed by atoms with Gasteiger partial charge in [-0.15, -0.1) is 11.6 Å². The highest BCUT2D eigenvalue weighted by molar-refractivity contribution is 6.21. The second-order valence-electron chi connectivity index (χ2n) is 6.36. The highest BCUT2D eigenvalue weighted by Gasteiger charge is 2.37. The van der Waals surface area contributed by atoms with Gasteiger partial charge in [-0.1, -0.05) is 32.8 Å². The molecular formula is C17H25ClO2. The van der Waals surface area contributed by atoms with Crippen LogP contribution >= 0.6 is 11.6 Å². The van der Waals surface area contributed by atoms with E-state index in [0.717, 1.165) is 17.1 Å². The molecule has 0 amide bonds. The maximum absolute atomic E-state index is 6.80. The number of methoxy groups -OCH3 is 2. The lowest BCUT2D eigenvalue weighted by molar-refractivity contribution is 0.133. The highest BCUT2D eigenvalue weighted by atomic mass is 35.5. The van der Waals surface area contributed by atoms with Gasteiger partial charge in [0.15, 0.2) is 11.5 Å². The van der Waals surface area contributed by atoms with Gasteiger partial charge in [0.2, 0.25) is 0 Å². The molecule has 1 aromatic carbocycles. The van der Waals surface area contributed by atoms with Crippen molar-refractivity contribution in [1.29, 1.82) is 0 Å². The van der Waals surface area contributed by atoms with Crippen molar-refractivity contribution in [2.45, 2.75) is 44.9 Å². The van der Waals surface area contributed by atoms with Crippen molar-refractivity contribution in [3.05, 3.63) is 23.8 Å². The van der Waals surface area contributed by atoms with Gasteiger partial charge >= 0.3 is 0 Å². The van der Waals surface area contributed by atoms with Crippen molar-refractivity contribution in [2.75, 3.05) is 14.2 Å². The van der Waals surface area contributed by atoms with Crippen LogP contribution in [-0.4, -0.2) is 14.2 Å². The zero-order valence-corrected chi connectivity index (χ0v) is 13.7. The van der Waals surface area contributed by atoms with Crippen molar-refractivity contribution >= 4 is 11.6 Å². The van der Waals surface area contributed by atoms with Crippen LogP contribution < -0.4 is 9.47 Å². The molecule has 0 radical (unpaired) electrons. The molecule has 20 heavy (non-hydrogen) atoms. The minimum Gasteiger partial charge on any atom is -0.493 e. The lowest BCUT2D eigenvalue weighted by Gasteiger charge is -2.41. The fourth-order valence-corrected chi connectivity index (χ4v) is 3.92. The number of hydrogen-bond donors (Lipinski definition) is 0. The van der Waals surface area contributed by atoms with Crippen LogP contribution in [0.4, 0.5) is 0 Å². The molecule has 0 spiro atoms. The normalized spacial score (nSPS) is 23.1. The van der Waals surface area contributed by atoms with Crippen LogP contribution in [0.3, 0.4) is 0 Å². The van der Waals surface area contributed by atoms with Gasteiger partial charge in [0.1, 0.15) is 0 Å². The summed E-state index contributed by atoms with van der Waals surface area (Å²) >= 11 is 6.80. The predicted octanol–water partition coefficient (Wildman–Crippen LogP) is 5.20. The maximum Gasteiger partial charge on any atom is 0.161 e. The number of alkyl halides is 1. The van der Waals surface area contributed by atoms with Crippen LogP contribution in [0, 0.1) is 11.3 Å². The summed E-state index contributed by atoms with van der Waals surface area (Å²) in [6.45, 7) is 4.68. The van der Waals surface area contributed by atoms with E-state index in [1.165, 1.54) is 25.7 Å². The molecule has 1 aliphatic rings. The van der Waals surface area contributed by atoms with E-state index in [2.05, 4.69) is 19.9 Å². The molecule has 2 nitrogen and oxygen atoms in total. The van der Waals surface area contributed by atoms with Gasteiger partial charge in [0, 0.05) is 0 Å².